The Labute approximate surface area is 183 Å². The molecule has 1 saturated heterocycles. The zero-order valence-corrected chi connectivity index (χ0v) is 18.2. The number of benzene rings is 2. The van der Waals surface area contributed by atoms with E-state index in [-0.39, 0.29) is 11.5 Å². The van der Waals surface area contributed by atoms with Crippen molar-refractivity contribution in [1.82, 2.24) is 14.7 Å². The third-order valence-corrected chi connectivity index (χ3v) is 6.19. The van der Waals surface area contributed by atoms with Gasteiger partial charge < -0.3 is 4.90 Å². The van der Waals surface area contributed by atoms with E-state index in [1.54, 1.807) is 19.9 Å². The highest BCUT2D eigenvalue weighted by Crippen LogP contribution is 2.25. The van der Waals surface area contributed by atoms with Gasteiger partial charge in [-0.15, -0.1) is 0 Å². The van der Waals surface area contributed by atoms with E-state index in [4.69, 9.17) is 0 Å². The first-order chi connectivity index (χ1) is 14.9. The molecule has 1 aliphatic rings. The van der Waals surface area contributed by atoms with Gasteiger partial charge in [0.15, 0.2) is 0 Å². The smallest absolute Gasteiger partial charge is 0.267 e. The highest BCUT2D eigenvalue weighted by Gasteiger charge is 2.37. The summed E-state index contributed by atoms with van der Waals surface area (Å²) in [5.74, 6) is 0.530. The van der Waals surface area contributed by atoms with Crippen molar-refractivity contribution in [2.24, 2.45) is 5.92 Å². The van der Waals surface area contributed by atoms with Crippen LogP contribution in [-0.4, -0.2) is 33.7 Å². The lowest BCUT2D eigenvalue weighted by Crippen LogP contribution is -2.53. The SMILES string of the molecule is CC(C)(C(=O)N1CCC(Cc2ccccc2)CC1)n1nc(-c2ccccc2)ccc1=O. The second-order valence-corrected chi connectivity index (χ2v) is 8.82. The van der Waals surface area contributed by atoms with Crippen LogP contribution < -0.4 is 5.56 Å². The molecule has 0 saturated carbocycles. The van der Waals surface area contributed by atoms with Crippen LogP contribution >= 0.6 is 0 Å². The predicted molar refractivity (Wildman–Crippen MR) is 123 cm³/mol. The molecule has 4 rings (SSSR count). The highest BCUT2D eigenvalue weighted by atomic mass is 16.2. The Morgan fingerprint density at radius 2 is 1.55 bits per heavy atom. The molecule has 1 aliphatic heterocycles. The lowest BCUT2D eigenvalue weighted by atomic mass is 9.89. The van der Waals surface area contributed by atoms with Crippen LogP contribution in [0.2, 0.25) is 0 Å². The quantitative estimate of drug-likeness (QED) is 0.630. The van der Waals surface area contributed by atoms with Crippen molar-refractivity contribution in [3.63, 3.8) is 0 Å². The fourth-order valence-corrected chi connectivity index (χ4v) is 4.34. The lowest BCUT2D eigenvalue weighted by molar-refractivity contribution is -0.141. The van der Waals surface area contributed by atoms with Crippen LogP contribution in [0.1, 0.15) is 32.3 Å². The van der Waals surface area contributed by atoms with Gasteiger partial charge in [0.2, 0.25) is 5.91 Å². The van der Waals surface area contributed by atoms with E-state index in [1.807, 2.05) is 41.3 Å². The minimum atomic E-state index is -1.05. The molecule has 1 amide bonds. The van der Waals surface area contributed by atoms with Crippen molar-refractivity contribution in [2.45, 2.75) is 38.6 Å². The first-order valence-corrected chi connectivity index (χ1v) is 10.9. The van der Waals surface area contributed by atoms with E-state index >= 15 is 0 Å². The van der Waals surface area contributed by atoms with E-state index in [9.17, 15) is 9.59 Å². The summed E-state index contributed by atoms with van der Waals surface area (Å²) >= 11 is 0. The van der Waals surface area contributed by atoms with Crippen molar-refractivity contribution >= 4 is 5.91 Å². The van der Waals surface area contributed by atoms with Gasteiger partial charge in [-0.3, -0.25) is 9.59 Å². The van der Waals surface area contributed by atoms with Gasteiger partial charge >= 0.3 is 0 Å². The predicted octanol–water partition coefficient (Wildman–Crippen LogP) is 4.13. The number of hydrogen-bond donors (Lipinski definition) is 0. The van der Waals surface area contributed by atoms with Crippen molar-refractivity contribution in [1.29, 1.82) is 0 Å². The second-order valence-electron chi connectivity index (χ2n) is 8.82. The summed E-state index contributed by atoms with van der Waals surface area (Å²) in [4.78, 5) is 27.9. The van der Waals surface area contributed by atoms with Gasteiger partial charge in [-0.25, -0.2) is 4.68 Å². The van der Waals surface area contributed by atoms with Crippen LogP contribution in [0.5, 0.6) is 0 Å². The first kappa shape index (κ1) is 21.0. The highest BCUT2D eigenvalue weighted by molar-refractivity contribution is 5.83. The minimum Gasteiger partial charge on any atom is -0.341 e. The van der Waals surface area contributed by atoms with Crippen LogP contribution in [0, 0.1) is 5.92 Å². The summed E-state index contributed by atoms with van der Waals surface area (Å²) < 4.78 is 1.34. The van der Waals surface area contributed by atoms with Crippen LogP contribution in [0.4, 0.5) is 0 Å². The van der Waals surface area contributed by atoms with E-state index in [0.29, 0.717) is 24.7 Å². The number of carbonyl (C=O) groups excluding carboxylic acids is 1. The average molecular weight is 416 g/mol. The molecule has 0 atom stereocenters. The van der Waals surface area contributed by atoms with Crippen molar-refractivity contribution in [3.05, 3.63) is 88.7 Å². The van der Waals surface area contributed by atoms with Crippen molar-refractivity contribution < 1.29 is 4.79 Å². The van der Waals surface area contributed by atoms with Gasteiger partial charge in [0, 0.05) is 24.7 Å². The molecule has 3 aromatic rings. The zero-order valence-electron chi connectivity index (χ0n) is 18.2. The summed E-state index contributed by atoms with van der Waals surface area (Å²) in [6, 6.07) is 23.4. The Bertz CT molecular complexity index is 1080. The second kappa shape index (κ2) is 8.88. The van der Waals surface area contributed by atoms with E-state index in [2.05, 4.69) is 29.4 Å². The first-order valence-electron chi connectivity index (χ1n) is 10.9. The van der Waals surface area contributed by atoms with Crippen molar-refractivity contribution in [2.75, 3.05) is 13.1 Å². The molecule has 31 heavy (non-hydrogen) atoms. The normalized spacial score (nSPS) is 15.1. The van der Waals surface area contributed by atoms with Gasteiger partial charge in [0.25, 0.3) is 5.56 Å². The third-order valence-electron chi connectivity index (χ3n) is 6.19. The maximum Gasteiger partial charge on any atom is 0.267 e. The van der Waals surface area contributed by atoms with E-state index < -0.39 is 5.54 Å². The molecule has 0 radical (unpaired) electrons. The third kappa shape index (κ3) is 4.61. The van der Waals surface area contributed by atoms with Gasteiger partial charge in [-0.2, -0.15) is 5.10 Å². The number of aromatic nitrogens is 2. The number of likely N-dealkylation sites (tertiary alicyclic amines) is 1. The number of nitrogens with zero attached hydrogens (tertiary/aromatic N) is 3. The molecule has 0 bridgehead atoms. The van der Waals surface area contributed by atoms with Crippen LogP contribution in [0.15, 0.2) is 77.6 Å². The van der Waals surface area contributed by atoms with Gasteiger partial charge in [0.05, 0.1) is 5.69 Å². The Kier molecular flexibility index (Phi) is 6.03. The molecule has 2 aromatic carbocycles. The molecular formula is C26H29N3O2. The Morgan fingerprint density at radius 3 is 2.19 bits per heavy atom. The fraction of sp³-hybridized carbons (Fsp3) is 0.346. The molecule has 5 nitrogen and oxygen atoms in total. The number of piperidine rings is 1. The topological polar surface area (TPSA) is 55.2 Å². The van der Waals surface area contributed by atoms with Gasteiger partial charge in [0.1, 0.15) is 5.54 Å². The molecular weight excluding hydrogens is 386 g/mol. The monoisotopic (exact) mass is 415 g/mol. The Hall–Kier alpha value is -3.21. The molecule has 5 heteroatoms. The summed E-state index contributed by atoms with van der Waals surface area (Å²) in [6.45, 7) is 5.00. The summed E-state index contributed by atoms with van der Waals surface area (Å²) in [5, 5.41) is 4.56. The molecule has 1 aromatic heterocycles. The number of carbonyl (C=O) groups is 1. The number of rotatable bonds is 5. The van der Waals surface area contributed by atoms with E-state index in [1.165, 1.54) is 16.3 Å². The largest absolute Gasteiger partial charge is 0.341 e. The molecule has 0 spiro atoms. The summed E-state index contributed by atoms with van der Waals surface area (Å²) in [7, 11) is 0. The molecule has 1 fully saturated rings. The molecule has 0 aliphatic carbocycles. The lowest BCUT2D eigenvalue weighted by Gasteiger charge is -2.37. The van der Waals surface area contributed by atoms with Crippen LogP contribution in [0.25, 0.3) is 11.3 Å². The number of amides is 1. The summed E-state index contributed by atoms with van der Waals surface area (Å²) in [6.07, 6.45) is 3.00. The average Bonchev–Trinajstić information content (AvgIpc) is 2.80. The summed E-state index contributed by atoms with van der Waals surface area (Å²) in [5.41, 5.74) is 1.63. The maximum atomic E-state index is 13.4. The molecule has 0 unspecified atom stereocenters. The van der Waals surface area contributed by atoms with Crippen molar-refractivity contribution in [3.8, 4) is 11.3 Å². The minimum absolute atomic E-state index is 0.0505. The Balaban J connectivity index is 1.48. The molecule has 0 N–H and O–H groups in total. The van der Waals surface area contributed by atoms with Crippen LogP contribution in [0.3, 0.4) is 0 Å². The van der Waals surface area contributed by atoms with Crippen LogP contribution in [-0.2, 0) is 16.8 Å². The maximum absolute atomic E-state index is 13.4. The Morgan fingerprint density at radius 1 is 0.935 bits per heavy atom. The van der Waals surface area contributed by atoms with E-state index in [0.717, 1.165) is 24.8 Å². The molecule has 2 heterocycles. The molecule has 160 valence electrons. The fourth-order valence-electron chi connectivity index (χ4n) is 4.34. The van der Waals surface area contributed by atoms with Gasteiger partial charge in [-0.1, -0.05) is 60.7 Å². The zero-order chi connectivity index (χ0) is 21.8. The standard InChI is InChI=1S/C26H29N3O2/c1-26(2,29-24(30)14-13-23(27-29)22-11-7-4-8-12-22)25(31)28-17-15-21(16-18-28)19-20-9-5-3-6-10-20/h3-14,21H,15-19H2,1-2H3. The van der Waals surface area contributed by atoms with Gasteiger partial charge in [-0.05, 0) is 50.7 Å². The number of hydrogen-bond acceptors (Lipinski definition) is 3.